The summed E-state index contributed by atoms with van der Waals surface area (Å²) in [7, 11) is 0. The van der Waals surface area contributed by atoms with Crippen LogP contribution in [0.2, 0.25) is 5.02 Å². The van der Waals surface area contributed by atoms with Gasteiger partial charge in [0.2, 0.25) is 0 Å². The lowest BCUT2D eigenvalue weighted by Gasteiger charge is -2.00. The lowest BCUT2D eigenvalue weighted by molar-refractivity contribution is 1.10. The maximum absolute atomic E-state index is 6.23. The molecule has 0 atom stereocenters. The van der Waals surface area contributed by atoms with Crippen LogP contribution < -0.4 is 0 Å². The Morgan fingerprint density at radius 2 is 1.84 bits per heavy atom. The van der Waals surface area contributed by atoms with Crippen LogP contribution in [0.1, 0.15) is 5.56 Å². The van der Waals surface area contributed by atoms with E-state index in [2.05, 4.69) is 15.2 Å². The molecule has 2 aromatic carbocycles. The van der Waals surface area contributed by atoms with Gasteiger partial charge in [0.15, 0.2) is 11.6 Å². The van der Waals surface area contributed by atoms with Crippen molar-refractivity contribution in [2.24, 2.45) is 0 Å². The summed E-state index contributed by atoms with van der Waals surface area (Å²) in [6.45, 7) is 2.01. The summed E-state index contributed by atoms with van der Waals surface area (Å²) in [5.74, 6) is 1.36. The van der Waals surface area contributed by atoms with Crippen LogP contribution in [0, 0.1) is 6.92 Å². The molecular weight excluding hydrogens is 258 g/mol. The SMILES string of the molecule is Cc1ccc(-c2nc(-c3ccccc3)n[nH]2)c(Cl)c1. The molecule has 3 nitrogen and oxygen atoms in total. The van der Waals surface area contributed by atoms with Crippen molar-refractivity contribution in [3.8, 4) is 22.8 Å². The van der Waals surface area contributed by atoms with Crippen molar-refractivity contribution in [3.63, 3.8) is 0 Å². The van der Waals surface area contributed by atoms with E-state index in [1.165, 1.54) is 0 Å². The number of halogens is 1. The largest absolute Gasteiger partial charge is 0.259 e. The van der Waals surface area contributed by atoms with Gasteiger partial charge in [-0.1, -0.05) is 48.0 Å². The molecular formula is C15H12ClN3. The molecule has 0 saturated heterocycles. The molecule has 0 aliphatic heterocycles. The Bertz CT molecular complexity index is 704. The summed E-state index contributed by atoms with van der Waals surface area (Å²) in [4.78, 5) is 4.49. The first-order valence-corrected chi connectivity index (χ1v) is 6.36. The van der Waals surface area contributed by atoms with Crippen molar-refractivity contribution in [2.75, 3.05) is 0 Å². The molecule has 0 saturated carbocycles. The second kappa shape index (κ2) is 4.86. The highest BCUT2D eigenvalue weighted by atomic mass is 35.5. The number of hydrogen-bond acceptors (Lipinski definition) is 2. The van der Waals surface area contributed by atoms with Gasteiger partial charge in [0.05, 0.1) is 5.02 Å². The van der Waals surface area contributed by atoms with Gasteiger partial charge in [0.1, 0.15) is 0 Å². The normalized spacial score (nSPS) is 10.6. The Kier molecular flexibility index (Phi) is 3.05. The molecule has 1 N–H and O–H groups in total. The number of aromatic nitrogens is 3. The maximum atomic E-state index is 6.23. The van der Waals surface area contributed by atoms with Gasteiger partial charge < -0.3 is 0 Å². The van der Waals surface area contributed by atoms with Gasteiger partial charge in [-0.2, -0.15) is 5.10 Å². The van der Waals surface area contributed by atoms with Crippen molar-refractivity contribution in [1.29, 1.82) is 0 Å². The number of nitrogens with one attached hydrogen (secondary N) is 1. The van der Waals surface area contributed by atoms with Gasteiger partial charge in [-0.25, -0.2) is 4.98 Å². The average molecular weight is 270 g/mol. The Labute approximate surface area is 116 Å². The quantitative estimate of drug-likeness (QED) is 0.761. The molecule has 0 aliphatic carbocycles. The zero-order chi connectivity index (χ0) is 13.2. The van der Waals surface area contributed by atoms with Crippen molar-refractivity contribution in [2.45, 2.75) is 6.92 Å². The van der Waals surface area contributed by atoms with E-state index in [1.807, 2.05) is 55.5 Å². The molecule has 0 radical (unpaired) electrons. The smallest absolute Gasteiger partial charge is 0.181 e. The molecule has 0 fully saturated rings. The third kappa shape index (κ3) is 2.37. The van der Waals surface area contributed by atoms with Crippen LogP contribution >= 0.6 is 11.6 Å². The molecule has 94 valence electrons. The number of hydrogen-bond donors (Lipinski definition) is 1. The van der Waals surface area contributed by atoms with E-state index in [-0.39, 0.29) is 0 Å². The number of aryl methyl sites for hydroxylation is 1. The van der Waals surface area contributed by atoms with E-state index in [9.17, 15) is 0 Å². The second-order valence-electron chi connectivity index (χ2n) is 4.36. The molecule has 1 aromatic heterocycles. The molecule has 3 rings (SSSR count). The van der Waals surface area contributed by atoms with Crippen molar-refractivity contribution in [1.82, 2.24) is 15.2 Å². The summed E-state index contributed by atoms with van der Waals surface area (Å²) in [5, 5.41) is 7.84. The monoisotopic (exact) mass is 269 g/mol. The number of rotatable bonds is 2. The van der Waals surface area contributed by atoms with E-state index in [1.54, 1.807) is 0 Å². The number of benzene rings is 2. The van der Waals surface area contributed by atoms with E-state index >= 15 is 0 Å². The molecule has 4 heteroatoms. The van der Waals surface area contributed by atoms with Crippen LogP contribution in [0.25, 0.3) is 22.8 Å². The highest BCUT2D eigenvalue weighted by Gasteiger charge is 2.10. The first-order valence-electron chi connectivity index (χ1n) is 5.98. The third-order valence-electron chi connectivity index (χ3n) is 2.90. The van der Waals surface area contributed by atoms with Crippen LogP contribution in [-0.2, 0) is 0 Å². The first kappa shape index (κ1) is 11.9. The molecule has 0 aliphatic rings. The number of H-pyrrole nitrogens is 1. The summed E-state index contributed by atoms with van der Waals surface area (Å²) in [6, 6.07) is 15.7. The van der Waals surface area contributed by atoms with Crippen LogP contribution in [0.4, 0.5) is 0 Å². The zero-order valence-electron chi connectivity index (χ0n) is 10.4. The molecule has 19 heavy (non-hydrogen) atoms. The molecule has 0 unspecified atom stereocenters. The minimum absolute atomic E-state index is 0.673. The van der Waals surface area contributed by atoms with Crippen molar-refractivity contribution < 1.29 is 0 Å². The fourth-order valence-corrected chi connectivity index (χ4v) is 2.24. The van der Waals surface area contributed by atoms with Gasteiger partial charge in [-0.3, -0.25) is 5.10 Å². The topological polar surface area (TPSA) is 41.6 Å². The Balaban J connectivity index is 2.02. The fraction of sp³-hybridized carbons (Fsp3) is 0.0667. The number of nitrogens with zero attached hydrogens (tertiary/aromatic N) is 2. The Morgan fingerprint density at radius 3 is 2.58 bits per heavy atom. The fourth-order valence-electron chi connectivity index (χ4n) is 1.91. The van der Waals surface area contributed by atoms with Gasteiger partial charge in [0.25, 0.3) is 0 Å². The second-order valence-corrected chi connectivity index (χ2v) is 4.76. The molecule has 3 aromatic rings. The Hall–Kier alpha value is -2.13. The molecule has 1 heterocycles. The van der Waals surface area contributed by atoms with E-state index in [0.717, 1.165) is 16.7 Å². The highest BCUT2D eigenvalue weighted by molar-refractivity contribution is 6.33. The minimum atomic E-state index is 0.673. The lowest BCUT2D eigenvalue weighted by Crippen LogP contribution is -1.84. The maximum Gasteiger partial charge on any atom is 0.181 e. The van der Waals surface area contributed by atoms with E-state index in [0.29, 0.717) is 16.7 Å². The predicted molar refractivity (Wildman–Crippen MR) is 77.0 cm³/mol. The lowest BCUT2D eigenvalue weighted by atomic mass is 10.1. The number of aromatic amines is 1. The van der Waals surface area contributed by atoms with Crippen LogP contribution in [-0.4, -0.2) is 15.2 Å². The van der Waals surface area contributed by atoms with Crippen LogP contribution in [0.5, 0.6) is 0 Å². The van der Waals surface area contributed by atoms with Crippen LogP contribution in [0.15, 0.2) is 48.5 Å². The summed E-state index contributed by atoms with van der Waals surface area (Å²) >= 11 is 6.23. The summed E-state index contributed by atoms with van der Waals surface area (Å²) in [5.41, 5.74) is 2.96. The van der Waals surface area contributed by atoms with Gasteiger partial charge in [-0.15, -0.1) is 0 Å². The van der Waals surface area contributed by atoms with Crippen molar-refractivity contribution in [3.05, 3.63) is 59.1 Å². The average Bonchev–Trinajstić information content (AvgIpc) is 2.89. The predicted octanol–water partition coefficient (Wildman–Crippen LogP) is 4.10. The third-order valence-corrected chi connectivity index (χ3v) is 3.21. The minimum Gasteiger partial charge on any atom is -0.259 e. The summed E-state index contributed by atoms with van der Waals surface area (Å²) in [6.07, 6.45) is 0. The van der Waals surface area contributed by atoms with Gasteiger partial charge >= 0.3 is 0 Å². The van der Waals surface area contributed by atoms with Gasteiger partial charge in [0, 0.05) is 11.1 Å². The van der Waals surface area contributed by atoms with Crippen LogP contribution in [0.3, 0.4) is 0 Å². The molecule has 0 amide bonds. The molecule has 0 bridgehead atoms. The first-order chi connectivity index (χ1) is 9.24. The van der Waals surface area contributed by atoms with Gasteiger partial charge in [-0.05, 0) is 24.6 Å². The van der Waals surface area contributed by atoms with Crippen molar-refractivity contribution >= 4 is 11.6 Å². The zero-order valence-corrected chi connectivity index (χ0v) is 11.1. The van der Waals surface area contributed by atoms with E-state index < -0.39 is 0 Å². The standard InChI is InChI=1S/C15H12ClN3/c1-10-7-8-12(13(16)9-10)15-17-14(18-19-15)11-5-3-2-4-6-11/h2-9H,1H3,(H,17,18,19). The summed E-state index contributed by atoms with van der Waals surface area (Å²) < 4.78 is 0. The highest BCUT2D eigenvalue weighted by Crippen LogP contribution is 2.27. The molecule has 0 spiro atoms. The van der Waals surface area contributed by atoms with E-state index in [4.69, 9.17) is 11.6 Å². The Morgan fingerprint density at radius 1 is 1.05 bits per heavy atom.